The van der Waals surface area contributed by atoms with Gasteiger partial charge in [-0.05, 0) is 42.5 Å². The van der Waals surface area contributed by atoms with Crippen LogP contribution in [-0.2, 0) is 0 Å². The number of hydrogen-bond acceptors (Lipinski definition) is 1. The molecule has 1 nitrogen and oxygen atoms in total. The summed E-state index contributed by atoms with van der Waals surface area (Å²) in [4.78, 5) is 0. The molecule has 0 spiro atoms. The molecule has 1 aliphatic rings. The highest BCUT2D eigenvalue weighted by Gasteiger charge is 2.27. The first-order valence-corrected chi connectivity index (χ1v) is 4.22. The maximum absolute atomic E-state index is 12.0. The molecule has 0 N–H and O–H groups in total. The Morgan fingerprint density at radius 3 is 2.85 bits per heavy atom. The van der Waals surface area contributed by atoms with E-state index in [-0.39, 0.29) is 0 Å². The van der Waals surface area contributed by atoms with Crippen LogP contribution in [-0.4, -0.2) is 6.61 Å². The van der Waals surface area contributed by atoms with E-state index in [4.69, 9.17) is 0 Å². The maximum atomic E-state index is 12.0. The van der Waals surface area contributed by atoms with Crippen molar-refractivity contribution in [2.45, 2.75) is 25.4 Å². The van der Waals surface area contributed by atoms with E-state index < -0.39 is 6.61 Å². The fraction of sp³-hybridized carbons (Fsp3) is 0.400. The van der Waals surface area contributed by atoms with Crippen molar-refractivity contribution in [3.8, 4) is 5.75 Å². The highest BCUT2D eigenvalue weighted by molar-refractivity contribution is 5.38. The van der Waals surface area contributed by atoms with Gasteiger partial charge < -0.3 is 4.74 Å². The number of rotatable bonds is 3. The van der Waals surface area contributed by atoms with E-state index in [9.17, 15) is 8.78 Å². The van der Waals surface area contributed by atoms with Gasteiger partial charge in [0.25, 0.3) is 0 Å². The molecule has 1 fully saturated rings. The molecule has 0 atom stereocenters. The smallest absolute Gasteiger partial charge is 0.387 e. The molecule has 1 aromatic rings. The summed E-state index contributed by atoms with van der Waals surface area (Å²) in [5.74, 6) is 0.711. The van der Waals surface area contributed by atoms with E-state index in [0.717, 1.165) is 18.4 Å². The van der Waals surface area contributed by atoms with Crippen molar-refractivity contribution in [3.05, 3.63) is 29.8 Å². The molecule has 1 aliphatic carbocycles. The Bertz CT molecular complexity index is 295. The van der Waals surface area contributed by atoms with Crippen LogP contribution in [0.2, 0.25) is 0 Å². The lowest BCUT2D eigenvalue weighted by Gasteiger charge is -2.08. The van der Waals surface area contributed by atoms with E-state index in [2.05, 4.69) is 10.8 Å². The number of alkyl halides is 2. The molecule has 2 rings (SSSR count). The highest BCUT2D eigenvalue weighted by atomic mass is 19.3. The fourth-order valence-corrected chi connectivity index (χ4v) is 1.35. The summed E-state index contributed by atoms with van der Waals surface area (Å²) in [7, 11) is 0. The first-order valence-electron chi connectivity index (χ1n) is 4.22. The second kappa shape index (κ2) is 3.32. The zero-order chi connectivity index (χ0) is 9.26. The van der Waals surface area contributed by atoms with Gasteiger partial charge in [-0.1, -0.05) is 6.07 Å². The van der Waals surface area contributed by atoms with Crippen molar-refractivity contribution in [1.29, 1.82) is 0 Å². The van der Waals surface area contributed by atoms with E-state index >= 15 is 0 Å². The molecule has 69 valence electrons. The predicted molar refractivity (Wildman–Crippen MR) is 43.9 cm³/mol. The summed E-state index contributed by atoms with van der Waals surface area (Å²) in [6.07, 6.45) is 2.13. The van der Waals surface area contributed by atoms with Crippen molar-refractivity contribution in [3.63, 3.8) is 0 Å². The quantitative estimate of drug-likeness (QED) is 0.700. The van der Waals surface area contributed by atoms with Crippen LogP contribution >= 0.6 is 0 Å². The molecule has 0 bridgehead atoms. The molecule has 0 unspecified atom stereocenters. The average Bonchev–Trinajstić information content (AvgIpc) is 2.87. The largest absolute Gasteiger partial charge is 0.435 e. The van der Waals surface area contributed by atoms with Crippen molar-refractivity contribution in [1.82, 2.24) is 0 Å². The van der Waals surface area contributed by atoms with Crippen LogP contribution in [0.15, 0.2) is 18.2 Å². The summed E-state index contributed by atoms with van der Waals surface area (Å²) >= 11 is 0. The minimum Gasteiger partial charge on any atom is -0.435 e. The van der Waals surface area contributed by atoms with Crippen molar-refractivity contribution < 1.29 is 13.5 Å². The van der Waals surface area contributed by atoms with E-state index in [1.54, 1.807) is 18.2 Å². The molecule has 0 saturated heterocycles. The molecule has 3 heteroatoms. The Hall–Kier alpha value is -1.12. The number of hydrogen-bond donors (Lipinski definition) is 0. The summed E-state index contributed by atoms with van der Waals surface area (Å²) in [5, 5.41) is 0. The van der Waals surface area contributed by atoms with Crippen LogP contribution < -0.4 is 4.74 Å². The standard InChI is InChI=1S/C10H9F2O/c11-10(12)13-9-4-2-1-3-8(9)7-5-6-7/h2-4,7,10H,5-6H2. The minimum atomic E-state index is -2.74. The SMILES string of the molecule is FC(F)Oc1cc[c]cc1C1CC1. The van der Waals surface area contributed by atoms with Gasteiger partial charge in [-0.15, -0.1) is 0 Å². The lowest BCUT2D eigenvalue weighted by atomic mass is 10.1. The Kier molecular flexibility index (Phi) is 2.17. The lowest BCUT2D eigenvalue weighted by molar-refractivity contribution is -0.0504. The molecule has 1 saturated carbocycles. The molecule has 0 aromatic heterocycles. The highest BCUT2D eigenvalue weighted by Crippen LogP contribution is 2.44. The van der Waals surface area contributed by atoms with Gasteiger partial charge in [0.2, 0.25) is 0 Å². The van der Waals surface area contributed by atoms with Gasteiger partial charge in [0.15, 0.2) is 0 Å². The van der Waals surface area contributed by atoms with Crippen molar-refractivity contribution >= 4 is 0 Å². The Balaban J connectivity index is 2.21. The van der Waals surface area contributed by atoms with Crippen LogP contribution in [0.25, 0.3) is 0 Å². The topological polar surface area (TPSA) is 9.23 Å². The Labute approximate surface area is 75.3 Å². The van der Waals surface area contributed by atoms with Gasteiger partial charge in [0.1, 0.15) is 5.75 Å². The average molecular weight is 183 g/mol. The third-order valence-corrected chi connectivity index (χ3v) is 2.09. The molecule has 0 aliphatic heterocycles. The molecular formula is C10H9F2O. The van der Waals surface area contributed by atoms with Crippen LogP contribution in [0.1, 0.15) is 24.3 Å². The van der Waals surface area contributed by atoms with E-state index in [1.807, 2.05) is 0 Å². The van der Waals surface area contributed by atoms with Crippen molar-refractivity contribution in [2.24, 2.45) is 0 Å². The van der Waals surface area contributed by atoms with E-state index in [0.29, 0.717) is 11.7 Å². The summed E-state index contributed by atoms with van der Waals surface area (Å²) in [6, 6.07) is 7.73. The molecule has 13 heavy (non-hydrogen) atoms. The number of ether oxygens (including phenoxy) is 1. The van der Waals surface area contributed by atoms with Crippen LogP contribution in [0, 0.1) is 6.07 Å². The lowest BCUT2D eigenvalue weighted by Crippen LogP contribution is -2.03. The molecule has 0 amide bonds. The maximum Gasteiger partial charge on any atom is 0.387 e. The van der Waals surface area contributed by atoms with Gasteiger partial charge in [0, 0.05) is 0 Å². The van der Waals surface area contributed by atoms with Gasteiger partial charge in [-0.2, -0.15) is 8.78 Å². The monoisotopic (exact) mass is 183 g/mol. The first kappa shape index (κ1) is 8.48. The molecule has 1 radical (unpaired) electrons. The second-order valence-corrected chi connectivity index (χ2v) is 3.12. The first-order chi connectivity index (χ1) is 6.27. The molecule has 1 aromatic carbocycles. The van der Waals surface area contributed by atoms with Gasteiger partial charge >= 0.3 is 6.61 Å². The predicted octanol–water partition coefficient (Wildman–Crippen LogP) is 2.97. The second-order valence-electron chi connectivity index (χ2n) is 3.12. The third kappa shape index (κ3) is 1.97. The van der Waals surface area contributed by atoms with Crippen LogP contribution in [0.3, 0.4) is 0 Å². The van der Waals surface area contributed by atoms with Crippen LogP contribution in [0.4, 0.5) is 8.78 Å². The number of halogens is 2. The normalized spacial score (nSPS) is 16.2. The summed E-state index contributed by atoms with van der Waals surface area (Å²) in [6.45, 7) is -2.74. The van der Waals surface area contributed by atoms with Gasteiger partial charge in [0.05, 0.1) is 0 Å². The van der Waals surface area contributed by atoms with Crippen LogP contribution in [0.5, 0.6) is 5.75 Å². The molecular weight excluding hydrogens is 174 g/mol. The number of benzene rings is 1. The third-order valence-electron chi connectivity index (χ3n) is 2.09. The zero-order valence-electron chi connectivity index (χ0n) is 6.97. The van der Waals surface area contributed by atoms with Crippen molar-refractivity contribution in [2.75, 3.05) is 0 Å². The molecule has 0 heterocycles. The summed E-state index contributed by atoms with van der Waals surface area (Å²) < 4.78 is 28.3. The Morgan fingerprint density at radius 2 is 2.23 bits per heavy atom. The Morgan fingerprint density at radius 1 is 1.46 bits per heavy atom. The van der Waals surface area contributed by atoms with Gasteiger partial charge in [-0.3, -0.25) is 0 Å². The minimum absolute atomic E-state index is 0.302. The van der Waals surface area contributed by atoms with E-state index in [1.165, 1.54) is 0 Å². The fourth-order valence-electron chi connectivity index (χ4n) is 1.35. The van der Waals surface area contributed by atoms with Gasteiger partial charge in [-0.25, -0.2) is 0 Å². The zero-order valence-corrected chi connectivity index (χ0v) is 6.97. The summed E-state index contributed by atoms with van der Waals surface area (Å²) in [5.41, 5.74) is 0.864.